The Kier molecular flexibility index (Phi) is 3.85. The zero-order chi connectivity index (χ0) is 12.4. The molecule has 0 aromatic carbocycles. The van der Waals surface area contributed by atoms with Crippen LogP contribution in [-0.2, 0) is 14.3 Å². The number of quaternary nitrogens is 1. The van der Waals surface area contributed by atoms with Crippen LogP contribution in [0, 0.1) is 17.8 Å². The van der Waals surface area contributed by atoms with Gasteiger partial charge in [-0.3, -0.25) is 4.79 Å². The molecule has 3 atom stereocenters. The van der Waals surface area contributed by atoms with Crippen LogP contribution in [0.25, 0.3) is 0 Å². The third-order valence-corrected chi connectivity index (χ3v) is 4.94. The van der Waals surface area contributed by atoms with E-state index in [1.807, 2.05) is 0 Å². The number of esters is 1. The molecule has 102 valence electrons. The molecule has 1 heterocycles. The quantitative estimate of drug-likeness (QED) is 0.711. The highest BCUT2D eigenvalue weighted by Crippen LogP contribution is 2.48. The van der Waals surface area contributed by atoms with Crippen molar-refractivity contribution in [3.05, 3.63) is 0 Å². The summed E-state index contributed by atoms with van der Waals surface area (Å²) < 4.78 is 10.8. The second kappa shape index (κ2) is 5.57. The molecule has 18 heavy (non-hydrogen) atoms. The predicted octanol–water partition coefficient (Wildman–Crippen LogP) is -0.119. The van der Waals surface area contributed by atoms with Gasteiger partial charge >= 0.3 is 5.97 Å². The Hall–Kier alpha value is -0.610. The molecular formula is C14H24NO3+. The third-order valence-electron chi connectivity index (χ3n) is 4.94. The van der Waals surface area contributed by atoms with Gasteiger partial charge in [-0.1, -0.05) is 6.42 Å². The van der Waals surface area contributed by atoms with Gasteiger partial charge in [0.05, 0.1) is 19.1 Å². The fraction of sp³-hybridized carbons (Fsp3) is 0.929. The first-order chi connectivity index (χ1) is 8.83. The lowest BCUT2D eigenvalue weighted by molar-refractivity contribution is -0.908. The van der Waals surface area contributed by atoms with E-state index in [0.717, 1.165) is 45.2 Å². The summed E-state index contributed by atoms with van der Waals surface area (Å²) >= 11 is 0. The summed E-state index contributed by atoms with van der Waals surface area (Å²) in [7, 11) is 0. The summed E-state index contributed by atoms with van der Waals surface area (Å²) in [4.78, 5) is 13.5. The molecule has 1 saturated heterocycles. The van der Waals surface area contributed by atoms with Crippen molar-refractivity contribution in [3.8, 4) is 0 Å². The average molecular weight is 254 g/mol. The highest BCUT2D eigenvalue weighted by Gasteiger charge is 2.43. The molecule has 1 aliphatic heterocycles. The minimum Gasteiger partial charge on any atom is -0.459 e. The number of morpholine rings is 1. The number of rotatable bonds is 4. The van der Waals surface area contributed by atoms with Crippen LogP contribution in [0.2, 0.25) is 0 Å². The first kappa shape index (κ1) is 12.4. The summed E-state index contributed by atoms with van der Waals surface area (Å²) in [5.41, 5.74) is 0. The van der Waals surface area contributed by atoms with E-state index >= 15 is 0 Å². The molecule has 2 saturated carbocycles. The molecule has 2 bridgehead atoms. The Balaban J connectivity index is 1.36. The Labute approximate surface area is 109 Å². The largest absolute Gasteiger partial charge is 0.459 e. The second-order valence-electron chi connectivity index (χ2n) is 6.06. The van der Waals surface area contributed by atoms with Crippen LogP contribution in [0.15, 0.2) is 0 Å². The molecule has 1 N–H and O–H groups in total. The molecule has 0 radical (unpaired) electrons. The summed E-state index contributed by atoms with van der Waals surface area (Å²) in [6, 6.07) is 0. The van der Waals surface area contributed by atoms with Crippen molar-refractivity contribution in [2.75, 3.05) is 39.5 Å². The zero-order valence-electron chi connectivity index (χ0n) is 11.0. The highest BCUT2D eigenvalue weighted by molar-refractivity contribution is 5.73. The maximum Gasteiger partial charge on any atom is 0.309 e. The van der Waals surface area contributed by atoms with Crippen molar-refractivity contribution < 1.29 is 19.2 Å². The Morgan fingerprint density at radius 3 is 2.72 bits per heavy atom. The van der Waals surface area contributed by atoms with Crippen LogP contribution in [0.5, 0.6) is 0 Å². The van der Waals surface area contributed by atoms with E-state index in [4.69, 9.17) is 9.47 Å². The topological polar surface area (TPSA) is 40.0 Å². The van der Waals surface area contributed by atoms with Gasteiger partial charge in [0.25, 0.3) is 0 Å². The van der Waals surface area contributed by atoms with E-state index in [-0.39, 0.29) is 11.9 Å². The fourth-order valence-corrected chi connectivity index (χ4v) is 3.85. The standard InChI is InChI=1S/C14H23NO3/c16-14(13-10-11-1-2-12(13)9-11)18-8-5-15-3-6-17-7-4-15/h11-13H,1-10H2/p+1. The predicted molar refractivity (Wildman–Crippen MR) is 66.3 cm³/mol. The minimum atomic E-state index is 0.0786. The average Bonchev–Trinajstić information content (AvgIpc) is 3.02. The van der Waals surface area contributed by atoms with Crippen LogP contribution >= 0.6 is 0 Å². The monoisotopic (exact) mass is 254 g/mol. The summed E-state index contributed by atoms with van der Waals surface area (Å²) in [5, 5.41) is 0. The number of carbonyl (C=O) groups excluding carboxylic acids is 1. The first-order valence-electron chi connectivity index (χ1n) is 7.41. The van der Waals surface area contributed by atoms with Gasteiger partial charge in [0, 0.05) is 0 Å². The van der Waals surface area contributed by atoms with Gasteiger partial charge in [-0.25, -0.2) is 0 Å². The number of hydrogen-bond acceptors (Lipinski definition) is 3. The van der Waals surface area contributed by atoms with Crippen molar-refractivity contribution in [1.29, 1.82) is 0 Å². The first-order valence-corrected chi connectivity index (χ1v) is 7.41. The molecule has 4 nitrogen and oxygen atoms in total. The van der Waals surface area contributed by atoms with Crippen LogP contribution < -0.4 is 4.90 Å². The van der Waals surface area contributed by atoms with Crippen LogP contribution in [0.3, 0.4) is 0 Å². The normalized spacial score (nSPS) is 35.9. The van der Waals surface area contributed by atoms with Gasteiger partial charge in [-0.05, 0) is 31.1 Å². The molecular weight excluding hydrogens is 230 g/mol. The van der Waals surface area contributed by atoms with E-state index in [2.05, 4.69) is 0 Å². The second-order valence-corrected chi connectivity index (χ2v) is 6.06. The maximum atomic E-state index is 12.0. The maximum absolute atomic E-state index is 12.0. The van der Waals surface area contributed by atoms with E-state index < -0.39 is 0 Å². The molecule has 3 rings (SSSR count). The highest BCUT2D eigenvalue weighted by atomic mass is 16.5. The third kappa shape index (κ3) is 2.69. The summed E-state index contributed by atoms with van der Waals surface area (Å²) in [6.45, 7) is 5.31. The Morgan fingerprint density at radius 2 is 2.06 bits per heavy atom. The lowest BCUT2D eigenvalue weighted by Crippen LogP contribution is -3.14. The molecule has 3 unspecified atom stereocenters. The number of nitrogens with one attached hydrogen (secondary N) is 1. The minimum absolute atomic E-state index is 0.0786. The van der Waals surface area contributed by atoms with Gasteiger partial charge in [-0.15, -0.1) is 0 Å². The molecule has 3 aliphatic rings. The van der Waals surface area contributed by atoms with E-state index in [0.29, 0.717) is 12.5 Å². The SMILES string of the molecule is O=C(OCC[NH+]1CCOCC1)C1CC2CCC1C2. The van der Waals surface area contributed by atoms with Crippen molar-refractivity contribution in [1.82, 2.24) is 0 Å². The Bertz CT molecular complexity index is 301. The van der Waals surface area contributed by atoms with Crippen molar-refractivity contribution in [2.24, 2.45) is 17.8 Å². The van der Waals surface area contributed by atoms with Crippen molar-refractivity contribution in [3.63, 3.8) is 0 Å². The Morgan fingerprint density at radius 1 is 1.22 bits per heavy atom. The van der Waals surface area contributed by atoms with Gasteiger partial charge in [-0.2, -0.15) is 0 Å². The number of hydrogen-bond donors (Lipinski definition) is 1. The molecule has 3 fully saturated rings. The molecule has 0 amide bonds. The molecule has 2 aliphatic carbocycles. The van der Waals surface area contributed by atoms with Crippen LogP contribution in [0.4, 0.5) is 0 Å². The molecule has 0 aromatic rings. The number of fused-ring (bicyclic) bond motifs is 2. The van der Waals surface area contributed by atoms with E-state index in [1.54, 1.807) is 0 Å². The number of ether oxygens (including phenoxy) is 2. The summed E-state index contributed by atoms with van der Waals surface area (Å²) in [5.74, 6) is 1.76. The van der Waals surface area contributed by atoms with Gasteiger partial charge in [0.1, 0.15) is 26.2 Å². The number of carbonyl (C=O) groups is 1. The molecule has 0 aromatic heterocycles. The van der Waals surface area contributed by atoms with Crippen molar-refractivity contribution in [2.45, 2.75) is 25.7 Å². The summed E-state index contributed by atoms with van der Waals surface area (Å²) in [6.07, 6.45) is 4.95. The van der Waals surface area contributed by atoms with Crippen LogP contribution in [0.1, 0.15) is 25.7 Å². The smallest absolute Gasteiger partial charge is 0.309 e. The van der Waals surface area contributed by atoms with E-state index in [1.165, 1.54) is 24.2 Å². The fourth-order valence-electron chi connectivity index (χ4n) is 3.85. The zero-order valence-corrected chi connectivity index (χ0v) is 11.0. The molecule has 0 spiro atoms. The lowest BCUT2D eigenvalue weighted by Gasteiger charge is -2.24. The van der Waals surface area contributed by atoms with E-state index in [9.17, 15) is 4.79 Å². The van der Waals surface area contributed by atoms with Crippen molar-refractivity contribution >= 4 is 5.97 Å². The van der Waals surface area contributed by atoms with Gasteiger partial charge in [0.2, 0.25) is 0 Å². The van der Waals surface area contributed by atoms with Crippen LogP contribution in [-0.4, -0.2) is 45.4 Å². The van der Waals surface area contributed by atoms with Gasteiger partial charge in [0.15, 0.2) is 0 Å². The molecule has 4 heteroatoms. The lowest BCUT2D eigenvalue weighted by atomic mass is 9.89. The van der Waals surface area contributed by atoms with Gasteiger partial charge < -0.3 is 14.4 Å².